The Morgan fingerprint density at radius 1 is 1.00 bits per heavy atom. The van der Waals surface area contributed by atoms with E-state index < -0.39 is 0 Å². The molecule has 0 aromatic heterocycles. The number of carbonyl (C=O) groups excluding carboxylic acids is 2. The van der Waals surface area contributed by atoms with Gasteiger partial charge in [-0.05, 0) is 25.3 Å². The van der Waals surface area contributed by atoms with Crippen LogP contribution in [0.5, 0.6) is 5.75 Å². The smallest absolute Gasteiger partial charge is 0.317 e. The monoisotopic (exact) mass is 373 g/mol. The fourth-order valence-electron chi connectivity index (χ4n) is 4.01. The summed E-state index contributed by atoms with van der Waals surface area (Å²) in [5.41, 5.74) is 0.904. The Morgan fingerprint density at radius 3 is 2.48 bits per heavy atom. The van der Waals surface area contributed by atoms with Gasteiger partial charge in [0.2, 0.25) is 5.91 Å². The summed E-state index contributed by atoms with van der Waals surface area (Å²) in [5, 5.41) is 3.18. The lowest BCUT2D eigenvalue weighted by atomic mass is 9.96. The van der Waals surface area contributed by atoms with Gasteiger partial charge in [0, 0.05) is 37.8 Å². The van der Waals surface area contributed by atoms with E-state index in [4.69, 9.17) is 4.74 Å². The molecule has 1 aliphatic heterocycles. The van der Waals surface area contributed by atoms with E-state index in [2.05, 4.69) is 5.32 Å². The first-order valence-corrected chi connectivity index (χ1v) is 10.1. The average molecular weight is 373 g/mol. The lowest BCUT2D eigenvalue weighted by Crippen LogP contribution is -2.47. The van der Waals surface area contributed by atoms with Crippen molar-refractivity contribution in [2.45, 2.75) is 51.0 Å². The van der Waals surface area contributed by atoms with Crippen molar-refractivity contribution in [1.82, 2.24) is 15.1 Å². The zero-order chi connectivity index (χ0) is 19.1. The van der Waals surface area contributed by atoms with Gasteiger partial charge in [0.15, 0.2) is 0 Å². The molecule has 6 nitrogen and oxygen atoms in total. The van der Waals surface area contributed by atoms with Crippen LogP contribution in [0, 0.1) is 0 Å². The Kier molecular flexibility index (Phi) is 6.96. The van der Waals surface area contributed by atoms with Gasteiger partial charge in [0.25, 0.3) is 0 Å². The van der Waals surface area contributed by atoms with Crippen LogP contribution < -0.4 is 10.1 Å². The standard InChI is InChI=1S/C21H31N3O3/c1-27-19-11-6-5-8-17(19)16-20(25)23-12-7-13-24(15-14-23)21(26)22-18-9-3-2-4-10-18/h5-6,8,11,18H,2-4,7,9-10,12-16H2,1H3,(H,22,26). The number of ether oxygens (including phenoxy) is 1. The molecule has 27 heavy (non-hydrogen) atoms. The fraction of sp³-hybridized carbons (Fsp3) is 0.619. The summed E-state index contributed by atoms with van der Waals surface area (Å²) in [6.07, 6.45) is 7.01. The number of nitrogens with one attached hydrogen (secondary N) is 1. The van der Waals surface area contributed by atoms with Gasteiger partial charge in [-0.25, -0.2) is 4.79 Å². The Bertz CT molecular complexity index is 643. The summed E-state index contributed by atoms with van der Waals surface area (Å²) in [4.78, 5) is 29.0. The highest BCUT2D eigenvalue weighted by Crippen LogP contribution is 2.20. The third-order valence-electron chi connectivity index (χ3n) is 5.60. The molecule has 1 N–H and O–H groups in total. The van der Waals surface area contributed by atoms with Gasteiger partial charge in [0.05, 0.1) is 13.5 Å². The van der Waals surface area contributed by atoms with Crippen molar-refractivity contribution in [2.24, 2.45) is 0 Å². The number of rotatable bonds is 4. The second kappa shape index (κ2) is 9.62. The van der Waals surface area contributed by atoms with Crippen LogP contribution in [0.15, 0.2) is 24.3 Å². The van der Waals surface area contributed by atoms with E-state index in [9.17, 15) is 9.59 Å². The Balaban J connectivity index is 1.51. The lowest BCUT2D eigenvalue weighted by Gasteiger charge is -2.27. The number of para-hydroxylation sites is 1. The first kappa shape index (κ1) is 19.5. The van der Waals surface area contributed by atoms with Gasteiger partial charge in [-0.15, -0.1) is 0 Å². The van der Waals surface area contributed by atoms with Gasteiger partial charge < -0.3 is 19.9 Å². The maximum atomic E-state index is 12.7. The molecule has 0 atom stereocenters. The molecule has 0 unspecified atom stereocenters. The van der Waals surface area contributed by atoms with Crippen LogP contribution in [0.4, 0.5) is 4.79 Å². The normalized spacial score (nSPS) is 18.7. The van der Waals surface area contributed by atoms with E-state index in [0.717, 1.165) is 30.6 Å². The molecule has 0 bridgehead atoms. The molecule has 1 aromatic rings. The molecule has 6 heteroatoms. The number of amides is 3. The van der Waals surface area contributed by atoms with Gasteiger partial charge in [-0.1, -0.05) is 37.5 Å². The summed E-state index contributed by atoms with van der Waals surface area (Å²) in [7, 11) is 1.62. The van der Waals surface area contributed by atoms with Gasteiger partial charge in [-0.2, -0.15) is 0 Å². The first-order chi connectivity index (χ1) is 13.2. The van der Waals surface area contributed by atoms with Crippen LogP contribution in [0.2, 0.25) is 0 Å². The summed E-state index contributed by atoms with van der Waals surface area (Å²) >= 11 is 0. The summed E-state index contributed by atoms with van der Waals surface area (Å²) in [6.45, 7) is 2.58. The van der Waals surface area contributed by atoms with Crippen molar-refractivity contribution < 1.29 is 14.3 Å². The highest BCUT2D eigenvalue weighted by molar-refractivity contribution is 5.80. The van der Waals surface area contributed by atoms with Gasteiger partial charge >= 0.3 is 6.03 Å². The molecule has 3 rings (SSSR count). The molecule has 1 heterocycles. The van der Waals surface area contributed by atoms with Crippen molar-refractivity contribution in [3.05, 3.63) is 29.8 Å². The van der Waals surface area contributed by atoms with Crippen molar-refractivity contribution in [1.29, 1.82) is 0 Å². The minimum absolute atomic E-state index is 0.0286. The average Bonchev–Trinajstić information content (AvgIpc) is 2.95. The minimum Gasteiger partial charge on any atom is -0.496 e. The molecule has 1 saturated heterocycles. The molecule has 1 aliphatic carbocycles. The van der Waals surface area contributed by atoms with Crippen LogP contribution in [0.1, 0.15) is 44.1 Å². The number of hydrogen-bond donors (Lipinski definition) is 1. The van der Waals surface area contributed by atoms with Crippen molar-refractivity contribution in [3.63, 3.8) is 0 Å². The van der Waals surface area contributed by atoms with E-state index in [0.29, 0.717) is 38.6 Å². The molecule has 3 amide bonds. The fourth-order valence-corrected chi connectivity index (χ4v) is 4.01. The minimum atomic E-state index is 0.0286. The van der Waals surface area contributed by atoms with Crippen LogP contribution in [0.25, 0.3) is 0 Å². The van der Waals surface area contributed by atoms with E-state index in [-0.39, 0.29) is 11.9 Å². The predicted molar refractivity (Wildman–Crippen MR) is 105 cm³/mol. The Labute approximate surface area is 161 Å². The van der Waals surface area contributed by atoms with Crippen molar-refractivity contribution in [2.75, 3.05) is 33.3 Å². The molecular formula is C21H31N3O3. The molecule has 0 radical (unpaired) electrons. The largest absolute Gasteiger partial charge is 0.496 e. The zero-order valence-electron chi connectivity index (χ0n) is 16.3. The number of methoxy groups -OCH3 is 1. The number of nitrogens with zero attached hydrogens (tertiary/aromatic N) is 2. The van der Waals surface area contributed by atoms with E-state index in [1.54, 1.807) is 7.11 Å². The number of benzene rings is 1. The highest BCUT2D eigenvalue weighted by atomic mass is 16.5. The zero-order valence-corrected chi connectivity index (χ0v) is 16.3. The quantitative estimate of drug-likeness (QED) is 0.883. The van der Waals surface area contributed by atoms with Crippen molar-refractivity contribution in [3.8, 4) is 5.75 Å². The molecular weight excluding hydrogens is 342 g/mol. The Morgan fingerprint density at radius 2 is 1.70 bits per heavy atom. The summed E-state index contributed by atoms with van der Waals surface area (Å²) < 4.78 is 5.35. The van der Waals surface area contributed by atoms with E-state index >= 15 is 0 Å². The van der Waals surface area contributed by atoms with Crippen LogP contribution in [0.3, 0.4) is 0 Å². The molecule has 1 saturated carbocycles. The molecule has 2 fully saturated rings. The SMILES string of the molecule is COc1ccccc1CC(=O)N1CCCN(C(=O)NC2CCCCC2)CC1. The van der Waals surface area contributed by atoms with Crippen LogP contribution >= 0.6 is 0 Å². The Hall–Kier alpha value is -2.24. The van der Waals surface area contributed by atoms with Crippen LogP contribution in [-0.4, -0.2) is 61.1 Å². The topological polar surface area (TPSA) is 61.9 Å². The lowest BCUT2D eigenvalue weighted by molar-refractivity contribution is -0.130. The third kappa shape index (κ3) is 5.37. The molecule has 148 valence electrons. The highest BCUT2D eigenvalue weighted by Gasteiger charge is 2.24. The molecule has 2 aliphatic rings. The maximum absolute atomic E-state index is 12.7. The van der Waals surface area contributed by atoms with Crippen LogP contribution in [-0.2, 0) is 11.2 Å². The van der Waals surface area contributed by atoms with E-state index in [1.807, 2.05) is 34.1 Å². The number of carbonyl (C=O) groups is 2. The second-order valence-electron chi connectivity index (χ2n) is 7.49. The number of urea groups is 1. The third-order valence-corrected chi connectivity index (χ3v) is 5.60. The maximum Gasteiger partial charge on any atom is 0.317 e. The van der Waals surface area contributed by atoms with Crippen molar-refractivity contribution >= 4 is 11.9 Å². The van der Waals surface area contributed by atoms with E-state index in [1.165, 1.54) is 19.3 Å². The second-order valence-corrected chi connectivity index (χ2v) is 7.49. The summed E-state index contributed by atoms with van der Waals surface area (Å²) in [5.74, 6) is 0.836. The number of hydrogen-bond acceptors (Lipinski definition) is 3. The van der Waals surface area contributed by atoms with Gasteiger partial charge in [0.1, 0.15) is 5.75 Å². The van der Waals surface area contributed by atoms with Gasteiger partial charge in [-0.3, -0.25) is 4.79 Å². The predicted octanol–water partition coefficient (Wildman–Crippen LogP) is 2.81. The first-order valence-electron chi connectivity index (χ1n) is 10.1. The molecule has 1 aromatic carbocycles. The summed E-state index contributed by atoms with van der Waals surface area (Å²) in [6, 6.07) is 7.98. The molecule has 0 spiro atoms.